The van der Waals surface area contributed by atoms with E-state index in [9.17, 15) is 30.1 Å². The topological polar surface area (TPSA) is 192 Å². The van der Waals surface area contributed by atoms with Crippen molar-refractivity contribution in [3.05, 3.63) is 68.3 Å². The molecule has 0 aliphatic heterocycles. The van der Waals surface area contributed by atoms with Gasteiger partial charge in [-0.2, -0.15) is 9.90 Å². The molecule has 1 aromatic heterocycles. The molecule has 0 fully saturated rings. The third-order valence-corrected chi connectivity index (χ3v) is 3.67. The van der Waals surface area contributed by atoms with Crippen molar-refractivity contribution >= 4 is 23.5 Å². The molecule has 14 nitrogen and oxygen atoms in total. The van der Waals surface area contributed by atoms with Gasteiger partial charge in [0, 0.05) is 11.6 Å². The molecule has 0 aliphatic rings. The quantitative estimate of drug-likeness (QED) is 0.324. The molecule has 0 unspecified atom stereocenters. The number of non-ortho nitro benzene ring substituents is 1. The summed E-state index contributed by atoms with van der Waals surface area (Å²) >= 11 is 0. The fourth-order valence-corrected chi connectivity index (χ4v) is 2.32. The van der Waals surface area contributed by atoms with Crippen LogP contribution in [0.25, 0.3) is 11.4 Å². The zero-order chi connectivity index (χ0) is 21.7. The van der Waals surface area contributed by atoms with Crippen molar-refractivity contribution in [3.8, 4) is 17.1 Å². The molecule has 152 valence electrons. The molecule has 2 aromatic carbocycles. The van der Waals surface area contributed by atoms with Crippen molar-refractivity contribution in [1.29, 1.82) is 0 Å². The van der Waals surface area contributed by atoms with Crippen LogP contribution in [-0.4, -0.2) is 47.3 Å². The van der Waals surface area contributed by atoms with E-state index < -0.39 is 32.9 Å². The molecule has 2 N–H and O–H groups in total. The number of nitrogens with zero attached hydrogens (tertiary/aromatic N) is 7. The Morgan fingerprint density at radius 1 is 1.20 bits per heavy atom. The molecule has 3 rings (SSSR count). The molecular formula is C16H12N8O6. The van der Waals surface area contributed by atoms with Crippen molar-refractivity contribution in [2.24, 2.45) is 5.10 Å². The molecule has 1 amide bonds. The number of amides is 1. The van der Waals surface area contributed by atoms with Crippen molar-refractivity contribution in [1.82, 2.24) is 25.6 Å². The Bertz CT molecular complexity index is 1140. The van der Waals surface area contributed by atoms with Gasteiger partial charge < -0.3 is 5.11 Å². The van der Waals surface area contributed by atoms with Crippen LogP contribution >= 0.6 is 0 Å². The first-order valence-corrected chi connectivity index (χ1v) is 8.16. The number of aromatic nitrogens is 4. The van der Waals surface area contributed by atoms with Gasteiger partial charge in [0.15, 0.2) is 0 Å². The van der Waals surface area contributed by atoms with E-state index in [2.05, 4.69) is 25.9 Å². The van der Waals surface area contributed by atoms with E-state index in [1.54, 1.807) is 24.3 Å². The minimum Gasteiger partial charge on any atom is -0.502 e. The van der Waals surface area contributed by atoms with Crippen LogP contribution in [0.2, 0.25) is 0 Å². The molecule has 0 atom stereocenters. The van der Waals surface area contributed by atoms with E-state index >= 15 is 0 Å². The summed E-state index contributed by atoms with van der Waals surface area (Å²) < 4.78 is 0. The first-order chi connectivity index (χ1) is 14.3. The summed E-state index contributed by atoms with van der Waals surface area (Å²) in [5.74, 6) is -1.17. The zero-order valence-corrected chi connectivity index (χ0v) is 14.9. The number of carbonyl (C=O) groups is 1. The van der Waals surface area contributed by atoms with Crippen molar-refractivity contribution in [2.45, 2.75) is 6.54 Å². The molecule has 0 bridgehead atoms. The van der Waals surface area contributed by atoms with E-state index in [-0.39, 0.29) is 12.1 Å². The highest BCUT2D eigenvalue weighted by atomic mass is 16.6. The molecule has 0 saturated heterocycles. The lowest BCUT2D eigenvalue weighted by Gasteiger charge is -2.01. The van der Waals surface area contributed by atoms with Crippen LogP contribution < -0.4 is 5.43 Å². The van der Waals surface area contributed by atoms with E-state index in [0.717, 1.165) is 17.1 Å². The number of benzene rings is 2. The monoisotopic (exact) mass is 412 g/mol. The molecule has 30 heavy (non-hydrogen) atoms. The Labute approximate surface area is 166 Å². The van der Waals surface area contributed by atoms with Gasteiger partial charge in [0.25, 0.3) is 11.6 Å². The summed E-state index contributed by atoms with van der Waals surface area (Å²) in [4.78, 5) is 33.0. The third kappa shape index (κ3) is 4.56. The third-order valence-electron chi connectivity index (χ3n) is 3.67. The fraction of sp³-hybridized carbons (Fsp3) is 0.0625. The van der Waals surface area contributed by atoms with Gasteiger partial charge in [-0.15, -0.1) is 10.2 Å². The number of rotatable bonds is 7. The summed E-state index contributed by atoms with van der Waals surface area (Å²) in [7, 11) is 0. The summed E-state index contributed by atoms with van der Waals surface area (Å²) in [5.41, 5.74) is 1.02. The number of carbonyl (C=O) groups excluding carboxylic acids is 1. The Morgan fingerprint density at radius 3 is 2.60 bits per heavy atom. The molecule has 0 radical (unpaired) electrons. The molecular weight excluding hydrogens is 400 g/mol. The number of tetrazole rings is 1. The van der Waals surface area contributed by atoms with Crippen LogP contribution in [0.15, 0.2) is 47.6 Å². The molecule has 1 heterocycles. The molecule has 0 saturated carbocycles. The highest BCUT2D eigenvalue weighted by molar-refractivity contribution is 5.88. The van der Waals surface area contributed by atoms with E-state index in [0.29, 0.717) is 17.5 Å². The second-order valence-electron chi connectivity index (χ2n) is 5.72. The zero-order valence-electron chi connectivity index (χ0n) is 14.9. The van der Waals surface area contributed by atoms with Crippen LogP contribution in [0.4, 0.5) is 11.4 Å². The van der Waals surface area contributed by atoms with Crippen molar-refractivity contribution < 1.29 is 19.7 Å². The number of phenols is 1. The standard InChI is InChI=1S/C16H12N8O6/c25-14(9-22-20-16(19-21-22)10-4-2-1-3-5-10)18-17-8-11-6-12(23(27)28)7-13(15(11)26)24(29)30/h1-8,26H,9H2,(H,18,25)/b17-8+. The maximum absolute atomic E-state index is 12.0. The predicted molar refractivity (Wildman–Crippen MR) is 100 cm³/mol. The van der Waals surface area contributed by atoms with Crippen LogP contribution in [0.3, 0.4) is 0 Å². The largest absolute Gasteiger partial charge is 0.502 e. The Balaban J connectivity index is 1.68. The first-order valence-electron chi connectivity index (χ1n) is 8.16. The molecule has 0 spiro atoms. The maximum Gasteiger partial charge on any atom is 0.318 e. The lowest BCUT2D eigenvalue weighted by atomic mass is 10.1. The smallest absolute Gasteiger partial charge is 0.318 e. The second kappa shape index (κ2) is 8.51. The van der Waals surface area contributed by atoms with Gasteiger partial charge in [0.2, 0.25) is 11.6 Å². The highest BCUT2D eigenvalue weighted by Gasteiger charge is 2.23. The van der Waals surface area contributed by atoms with E-state index in [1.807, 2.05) is 6.07 Å². The lowest BCUT2D eigenvalue weighted by molar-refractivity contribution is -0.394. The van der Waals surface area contributed by atoms with Crippen LogP contribution in [0.1, 0.15) is 5.56 Å². The predicted octanol–water partition coefficient (Wildman–Crippen LogP) is 1.01. The van der Waals surface area contributed by atoms with Crippen LogP contribution in [-0.2, 0) is 11.3 Å². The number of phenolic OH excluding ortho intramolecular Hbond substituents is 1. The number of hydrogen-bond acceptors (Lipinski definition) is 10. The summed E-state index contributed by atoms with van der Waals surface area (Å²) in [6.07, 6.45) is 0.845. The summed E-state index contributed by atoms with van der Waals surface area (Å²) in [6.45, 7) is -0.335. The fourth-order valence-electron chi connectivity index (χ4n) is 2.32. The number of hydrazone groups is 1. The minimum atomic E-state index is -0.973. The Hall–Kier alpha value is -4.75. The molecule has 3 aromatic rings. The van der Waals surface area contributed by atoms with Crippen molar-refractivity contribution in [3.63, 3.8) is 0 Å². The Kier molecular flexibility index (Phi) is 5.67. The Morgan fingerprint density at radius 2 is 1.93 bits per heavy atom. The van der Waals surface area contributed by atoms with E-state index in [1.165, 1.54) is 0 Å². The average Bonchev–Trinajstić information content (AvgIpc) is 3.18. The summed E-state index contributed by atoms with van der Waals surface area (Å²) in [5, 5.41) is 46.9. The number of aromatic hydroxyl groups is 1. The van der Waals surface area contributed by atoms with Crippen LogP contribution in [0, 0.1) is 20.2 Å². The van der Waals surface area contributed by atoms with Gasteiger partial charge in [-0.25, -0.2) is 5.43 Å². The second-order valence-corrected chi connectivity index (χ2v) is 5.72. The van der Waals surface area contributed by atoms with Crippen molar-refractivity contribution in [2.75, 3.05) is 0 Å². The van der Waals surface area contributed by atoms with Gasteiger partial charge in [0.05, 0.1) is 27.7 Å². The maximum atomic E-state index is 12.0. The number of nitrogens with one attached hydrogen (secondary N) is 1. The average molecular weight is 412 g/mol. The summed E-state index contributed by atoms with van der Waals surface area (Å²) in [6, 6.07) is 10.5. The van der Waals surface area contributed by atoms with Gasteiger partial charge in [0.1, 0.15) is 6.54 Å². The number of hydrogen-bond donors (Lipinski definition) is 2. The molecule has 14 heteroatoms. The van der Waals surface area contributed by atoms with Gasteiger partial charge in [-0.3, -0.25) is 25.0 Å². The number of nitro benzene ring substituents is 2. The minimum absolute atomic E-state index is 0.318. The van der Waals surface area contributed by atoms with Gasteiger partial charge in [-0.05, 0) is 5.21 Å². The normalized spacial score (nSPS) is 10.8. The lowest BCUT2D eigenvalue weighted by Crippen LogP contribution is -2.24. The highest BCUT2D eigenvalue weighted by Crippen LogP contribution is 2.33. The first kappa shape index (κ1) is 20.0. The number of nitro groups is 2. The van der Waals surface area contributed by atoms with E-state index in [4.69, 9.17) is 0 Å². The van der Waals surface area contributed by atoms with Gasteiger partial charge >= 0.3 is 5.69 Å². The molecule has 0 aliphatic carbocycles. The van der Waals surface area contributed by atoms with Gasteiger partial charge in [-0.1, -0.05) is 30.3 Å². The SMILES string of the molecule is O=C(Cn1nnc(-c2ccccc2)n1)N/N=C/c1cc([N+](=O)[O-])cc([N+](=O)[O-])c1O. The van der Waals surface area contributed by atoms with Crippen LogP contribution in [0.5, 0.6) is 5.75 Å².